The minimum absolute atomic E-state index is 0.0671. The second-order valence-corrected chi connectivity index (χ2v) is 44.1. The Morgan fingerprint density at radius 3 is 0.815 bits per heavy atom. The van der Waals surface area contributed by atoms with Gasteiger partial charge in [-0.3, -0.25) is 0 Å². The zero-order valence-electron chi connectivity index (χ0n) is 76.1. The quantitative estimate of drug-likeness (QED) is 0.141. The average Bonchev–Trinajstić information content (AvgIpc) is 1.14. The molecule has 0 spiro atoms. The largest absolute Gasteiger partial charge is 0.311 e. The van der Waals surface area contributed by atoms with E-state index in [4.69, 9.17) is 0 Å². The molecule has 0 N–H and O–H groups in total. The highest BCUT2D eigenvalue weighted by Crippen LogP contribution is 2.55. The van der Waals surface area contributed by atoms with Crippen LogP contribution in [0.2, 0.25) is 0 Å². The Morgan fingerprint density at radius 1 is 0.202 bits per heavy atom. The molecule has 0 aliphatic carbocycles. The molecule has 17 rings (SSSR count). The molecule has 0 saturated carbocycles. The molecule has 2 aliphatic heterocycles. The lowest BCUT2D eigenvalue weighted by atomic mass is 9.33. The summed E-state index contributed by atoms with van der Waals surface area (Å²) in [4.78, 5) is 5.52. The number of aromatic nitrogens is 2. The van der Waals surface area contributed by atoms with E-state index in [1.54, 1.807) is 0 Å². The highest BCUT2D eigenvalue weighted by molar-refractivity contribution is 7.00. The maximum Gasteiger partial charge on any atom is 0.252 e. The van der Waals surface area contributed by atoms with Crippen molar-refractivity contribution in [1.82, 2.24) is 9.13 Å². The number of anilines is 6. The summed E-state index contributed by atoms with van der Waals surface area (Å²) in [5.74, 6) is 0. The van der Waals surface area contributed by atoms with Gasteiger partial charge in [0.25, 0.3) is 6.71 Å². The summed E-state index contributed by atoms with van der Waals surface area (Å²) >= 11 is 0. The molecule has 0 unspecified atom stereocenters. The predicted octanol–water partition coefficient (Wildman–Crippen LogP) is 30.3. The maximum absolute atomic E-state index is 2.76. The third-order valence-electron chi connectivity index (χ3n) is 26.1. The molecule has 15 aromatic rings. The van der Waals surface area contributed by atoms with Gasteiger partial charge in [-0.05, 0) is 246 Å². The Bertz CT molecular complexity index is 6080. The van der Waals surface area contributed by atoms with Crippen LogP contribution < -0.4 is 26.2 Å². The molecule has 13 aromatic carbocycles. The molecule has 0 saturated heterocycles. The first kappa shape index (κ1) is 80.5. The minimum atomic E-state index is -0.349. The molecule has 5 heteroatoms. The van der Waals surface area contributed by atoms with Crippen LogP contribution in [0.5, 0.6) is 0 Å². The zero-order valence-corrected chi connectivity index (χ0v) is 76.1. The third-order valence-corrected chi connectivity index (χ3v) is 26.1. The highest BCUT2D eigenvalue weighted by atomic mass is 15.2. The molecule has 2 aliphatic rings. The van der Waals surface area contributed by atoms with E-state index in [0.29, 0.717) is 0 Å². The van der Waals surface area contributed by atoms with E-state index in [9.17, 15) is 0 Å². The molecule has 0 radical (unpaired) electrons. The van der Waals surface area contributed by atoms with Crippen LogP contribution >= 0.6 is 0 Å². The van der Waals surface area contributed by atoms with Crippen LogP contribution in [0.4, 0.5) is 34.1 Å². The molecule has 0 fully saturated rings. The highest BCUT2D eigenvalue weighted by Gasteiger charge is 2.46. The lowest BCUT2D eigenvalue weighted by molar-refractivity contribution is 0.590. The Labute approximate surface area is 711 Å². The van der Waals surface area contributed by atoms with E-state index >= 15 is 0 Å². The number of hydrogen-bond donors (Lipinski definition) is 0. The van der Waals surface area contributed by atoms with Gasteiger partial charge in [0, 0.05) is 66.8 Å². The lowest BCUT2D eigenvalue weighted by Crippen LogP contribution is -2.61. The Kier molecular flexibility index (Phi) is 18.9. The lowest BCUT2D eigenvalue weighted by Gasteiger charge is -2.46. The summed E-state index contributed by atoms with van der Waals surface area (Å²) in [6.07, 6.45) is 0. The van der Waals surface area contributed by atoms with Gasteiger partial charge in [0.15, 0.2) is 0 Å². The number of rotatable bonds is 8. The summed E-state index contributed by atoms with van der Waals surface area (Å²) in [7, 11) is 0. The summed E-state index contributed by atoms with van der Waals surface area (Å²) < 4.78 is 5.17. The van der Waals surface area contributed by atoms with Crippen molar-refractivity contribution in [2.24, 2.45) is 0 Å². The SMILES string of the molecule is CC(C)(C)c1cccc(-c2ccc(-c3ccccc3C(C)(C)C)c(N3c4cc(-n5c6ccc(C(C)(C)C)cc6c6cc(C(C)(C)C)ccc65)ccc4B4c5ccc(-n6c7ccc(C(C)(C)C)cc7c7cc(C(C)(C)C)ccc76)cc5N(c5cc(-c6cccc(C(C)(C)C)c6)ccc5-c5ccccc5C(C)(C)C)c5cc(C(C)(C)C)cc3c54)c2)c1. The summed E-state index contributed by atoms with van der Waals surface area (Å²) in [5, 5.41) is 5.07. The van der Waals surface area contributed by atoms with Crippen molar-refractivity contribution < 1.29 is 0 Å². The van der Waals surface area contributed by atoms with Crippen LogP contribution in [0.25, 0.3) is 99.5 Å². The fourth-order valence-electron chi connectivity index (χ4n) is 19.0. The molecular weight excluding hydrogens is 1440 g/mol. The van der Waals surface area contributed by atoms with Crippen molar-refractivity contribution in [3.8, 4) is 55.9 Å². The Morgan fingerprint density at radius 2 is 0.504 bits per heavy atom. The van der Waals surface area contributed by atoms with Crippen LogP contribution in [0, 0.1) is 0 Å². The summed E-state index contributed by atoms with van der Waals surface area (Å²) in [6, 6.07) is 102. The van der Waals surface area contributed by atoms with Gasteiger partial charge in [-0.15, -0.1) is 0 Å². The van der Waals surface area contributed by atoms with Gasteiger partial charge in [0.1, 0.15) is 0 Å². The Balaban J connectivity index is 1.06. The molecule has 0 atom stereocenters. The molecule has 602 valence electrons. The van der Waals surface area contributed by atoms with Crippen LogP contribution in [-0.2, 0) is 48.7 Å². The monoisotopic (exact) mass is 1560 g/mol. The number of fused-ring (bicyclic) bond motifs is 10. The molecule has 4 heterocycles. The second-order valence-electron chi connectivity index (χ2n) is 44.1. The third kappa shape index (κ3) is 14.2. The molecule has 4 nitrogen and oxygen atoms in total. The van der Waals surface area contributed by atoms with Crippen LogP contribution in [0.1, 0.15) is 237 Å². The molecule has 0 bridgehead atoms. The summed E-state index contributed by atoms with van der Waals surface area (Å²) in [5.41, 5.74) is 37.7. The van der Waals surface area contributed by atoms with Gasteiger partial charge in [-0.25, -0.2) is 0 Å². The number of nitrogens with zero attached hydrogens (tertiary/aromatic N) is 4. The minimum Gasteiger partial charge on any atom is -0.311 e. The fraction of sp³-hybridized carbons (Fsp3) is 0.316. The van der Waals surface area contributed by atoms with Crippen LogP contribution in [-0.4, -0.2) is 15.8 Å². The summed E-state index contributed by atoms with van der Waals surface area (Å²) in [6.45, 7) is 63.5. The van der Waals surface area contributed by atoms with E-state index in [0.717, 1.165) is 34.1 Å². The van der Waals surface area contributed by atoms with Crippen LogP contribution in [0.15, 0.2) is 255 Å². The molecule has 119 heavy (non-hydrogen) atoms. The predicted molar refractivity (Wildman–Crippen MR) is 519 cm³/mol. The van der Waals surface area contributed by atoms with Gasteiger partial charge in [-0.1, -0.05) is 345 Å². The van der Waals surface area contributed by atoms with E-state index in [1.165, 1.54) is 166 Å². The normalized spacial score (nSPS) is 13.8. The van der Waals surface area contributed by atoms with Crippen molar-refractivity contribution >= 4 is 101 Å². The van der Waals surface area contributed by atoms with E-state index in [-0.39, 0.29) is 55.4 Å². The number of benzene rings is 13. The van der Waals surface area contributed by atoms with Crippen molar-refractivity contribution in [1.29, 1.82) is 0 Å². The van der Waals surface area contributed by atoms with Gasteiger partial charge in [0.05, 0.1) is 33.4 Å². The van der Waals surface area contributed by atoms with Crippen molar-refractivity contribution in [3.63, 3.8) is 0 Å². The topological polar surface area (TPSA) is 16.3 Å². The van der Waals surface area contributed by atoms with Gasteiger partial charge in [0.2, 0.25) is 0 Å². The first-order valence-corrected chi connectivity index (χ1v) is 43.7. The first-order chi connectivity index (χ1) is 55.7. The number of hydrogen-bond acceptors (Lipinski definition) is 2. The van der Waals surface area contributed by atoms with E-state index < -0.39 is 0 Å². The first-order valence-electron chi connectivity index (χ1n) is 43.7. The molecule has 2 aromatic heterocycles. The van der Waals surface area contributed by atoms with E-state index in [2.05, 4.69) is 461 Å². The van der Waals surface area contributed by atoms with Crippen molar-refractivity contribution in [3.05, 3.63) is 305 Å². The fourth-order valence-corrected chi connectivity index (χ4v) is 19.0. The van der Waals surface area contributed by atoms with Gasteiger partial charge in [-0.2, -0.15) is 0 Å². The zero-order chi connectivity index (χ0) is 84.9. The van der Waals surface area contributed by atoms with Crippen molar-refractivity contribution in [2.75, 3.05) is 9.80 Å². The van der Waals surface area contributed by atoms with Gasteiger partial charge >= 0.3 is 0 Å². The second kappa shape index (κ2) is 27.9. The Hall–Kier alpha value is -10.9. The average molecular weight is 1560 g/mol. The molecule has 0 amide bonds. The van der Waals surface area contributed by atoms with Crippen molar-refractivity contribution in [2.45, 2.75) is 236 Å². The van der Waals surface area contributed by atoms with Crippen LogP contribution in [0.3, 0.4) is 0 Å². The smallest absolute Gasteiger partial charge is 0.252 e. The van der Waals surface area contributed by atoms with Gasteiger partial charge < -0.3 is 18.9 Å². The maximum atomic E-state index is 2.76. The standard InChI is InChI=1S/C114H123BN4/c1-106(2,3)74-36-32-34-70(58-74)72-42-50-85(83-38-28-30-40-91(83)113(22,23)24)99(60-72)118-101-68-81(116-95-54-44-76(108(7,8)9)62-87(95)88-63-77(109(10,11)12)45-55-96(88)116)48-52-93(101)115-94-53-49-82(117-97-56-46-78(110(13,14)15)64-89(97)90-65-79(111(16,17)18)47-57-98(90)117)69-102(94)119(104-67-80(112(19,20)21)66-103(118)105(104)115)100-61-73(71-35-33-37-75(59-71)107(4,5)6)43-51-86(100)84-39-29-31-41-92(84)114(25,26)27/h28-69H,1-27H3. The van der Waals surface area contributed by atoms with E-state index in [1.807, 2.05) is 0 Å². The molecular formula is C114H123BN4.